The van der Waals surface area contributed by atoms with Crippen LogP contribution < -0.4 is 9.47 Å². The Balaban J connectivity index is 1.50. The maximum atomic E-state index is 12.8. The van der Waals surface area contributed by atoms with E-state index in [2.05, 4.69) is 5.10 Å². The van der Waals surface area contributed by atoms with Gasteiger partial charge in [-0.2, -0.15) is 5.10 Å². The average Bonchev–Trinajstić information content (AvgIpc) is 3.20. The Kier molecular flexibility index (Phi) is 3.67. The number of carbonyl (C=O) groups is 1. The first-order valence-corrected chi connectivity index (χ1v) is 8.28. The van der Waals surface area contributed by atoms with Crippen LogP contribution in [0.3, 0.4) is 0 Å². The molecule has 1 aliphatic carbocycles. The van der Waals surface area contributed by atoms with E-state index in [0.717, 1.165) is 36.3 Å². The Hall–Kier alpha value is -2.50. The van der Waals surface area contributed by atoms with Crippen LogP contribution in [0.2, 0.25) is 0 Å². The smallest absolute Gasteiger partial charge is 0.231 e. The summed E-state index contributed by atoms with van der Waals surface area (Å²) in [4.78, 5) is 14.6. The van der Waals surface area contributed by atoms with E-state index in [1.807, 2.05) is 48.1 Å². The molecule has 2 aliphatic rings. The van der Waals surface area contributed by atoms with E-state index in [4.69, 9.17) is 9.47 Å². The Morgan fingerprint density at radius 1 is 1.38 bits per heavy atom. The molecule has 0 fully saturated rings. The molecule has 1 aliphatic heterocycles. The summed E-state index contributed by atoms with van der Waals surface area (Å²) >= 11 is 0. The molecule has 1 aromatic carbocycles. The zero-order valence-corrected chi connectivity index (χ0v) is 14.0. The molecule has 4 rings (SSSR count). The van der Waals surface area contributed by atoms with Crippen LogP contribution in [0.15, 0.2) is 24.4 Å². The summed E-state index contributed by atoms with van der Waals surface area (Å²) in [5.74, 6) is 1.57. The van der Waals surface area contributed by atoms with Crippen LogP contribution in [0.25, 0.3) is 0 Å². The van der Waals surface area contributed by atoms with Crippen LogP contribution in [0.5, 0.6) is 11.5 Å². The molecule has 2 heterocycles. The first-order valence-electron chi connectivity index (χ1n) is 8.28. The fourth-order valence-corrected chi connectivity index (χ4v) is 3.61. The minimum absolute atomic E-state index is 0.107. The molecule has 6 heteroatoms. The van der Waals surface area contributed by atoms with Gasteiger partial charge >= 0.3 is 0 Å². The van der Waals surface area contributed by atoms with Crippen molar-refractivity contribution in [1.82, 2.24) is 14.7 Å². The summed E-state index contributed by atoms with van der Waals surface area (Å²) in [6, 6.07) is 5.80. The van der Waals surface area contributed by atoms with Gasteiger partial charge in [0.1, 0.15) is 0 Å². The van der Waals surface area contributed by atoms with Gasteiger partial charge in [-0.3, -0.25) is 9.48 Å². The van der Waals surface area contributed by atoms with E-state index in [0.29, 0.717) is 6.42 Å². The summed E-state index contributed by atoms with van der Waals surface area (Å²) in [6.45, 7) is 0.249. The first kappa shape index (κ1) is 15.1. The minimum atomic E-state index is 0.107. The van der Waals surface area contributed by atoms with Gasteiger partial charge in [0.2, 0.25) is 12.7 Å². The normalized spacial score (nSPS) is 18.3. The van der Waals surface area contributed by atoms with Gasteiger partial charge in [-0.25, -0.2) is 0 Å². The van der Waals surface area contributed by atoms with Gasteiger partial charge in [0.15, 0.2) is 11.5 Å². The van der Waals surface area contributed by atoms with E-state index in [-0.39, 0.29) is 18.7 Å². The number of amides is 1. The Labute approximate surface area is 141 Å². The summed E-state index contributed by atoms with van der Waals surface area (Å²) < 4.78 is 12.6. The molecule has 1 aromatic heterocycles. The van der Waals surface area contributed by atoms with Crippen molar-refractivity contribution >= 4 is 5.91 Å². The summed E-state index contributed by atoms with van der Waals surface area (Å²) in [5, 5.41) is 4.36. The molecule has 0 N–H and O–H groups in total. The number of ether oxygens (including phenoxy) is 2. The highest BCUT2D eigenvalue weighted by Crippen LogP contribution is 2.35. The number of aryl methyl sites for hydroxylation is 1. The number of rotatable bonds is 3. The van der Waals surface area contributed by atoms with Crippen LogP contribution >= 0.6 is 0 Å². The number of benzene rings is 1. The molecule has 1 unspecified atom stereocenters. The number of nitrogens with zero attached hydrogens (tertiary/aromatic N) is 3. The van der Waals surface area contributed by atoms with Crippen LogP contribution in [-0.4, -0.2) is 34.4 Å². The van der Waals surface area contributed by atoms with Gasteiger partial charge in [-0.1, -0.05) is 6.07 Å². The average molecular weight is 327 g/mol. The van der Waals surface area contributed by atoms with Crippen LogP contribution in [0, 0.1) is 0 Å². The van der Waals surface area contributed by atoms with E-state index in [1.54, 1.807) is 0 Å². The van der Waals surface area contributed by atoms with Gasteiger partial charge in [0.25, 0.3) is 0 Å². The minimum Gasteiger partial charge on any atom is -0.454 e. The van der Waals surface area contributed by atoms with Gasteiger partial charge < -0.3 is 14.4 Å². The lowest BCUT2D eigenvalue weighted by Gasteiger charge is -2.31. The number of aromatic nitrogens is 2. The van der Waals surface area contributed by atoms with Crippen LogP contribution in [-0.2, 0) is 24.7 Å². The third kappa shape index (κ3) is 2.52. The highest BCUT2D eigenvalue weighted by molar-refractivity contribution is 5.79. The lowest BCUT2D eigenvalue weighted by molar-refractivity contribution is -0.131. The van der Waals surface area contributed by atoms with Crippen molar-refractivity contribution in [3.63, 3.8) is 0 Å². The Morgan fingerprint density at radius 3 is 3.08 bits per heavy atom. The number of fused-ring (bicyclic) bond motifs is 2. The van der Waals surface area contributed by atoms with Crippen molar-refractivity contribution in [2.24, 2.45) is 7.05 Å². The van der Waals surface area contributed by atoms with Crippen molar-refractivity contribution in [2.75, 3.05) is 13.8 Å². The molecule has 0 saturated heterocycles. The summed E-state index contributed by atoms with van der Waals surface area (Å²) in [5.41, 5.74) is 3.37. The summed E-state index contributed by atoms with van der Waals surface area (Å²) in [6.07, 6.45) is 5.37. The standard InChI is InChI=1S/C18H21N3O3/c1-20(14-4-3-5-15-13(14)10-19-21(15)2)18(22)9-12-6-7-16-17(8-12)24-11-23-16/h6-8,10,14H,3-5,9,11H2,1-2H3. The SMILES string of the molecule is CN(C(=O)Cc1ccc2c(c1)OCO2)C1CCCc2c1cnn2C. The van der Waals surface area contributed by atoms with Gasteiger partial charge in [0.05, 0.1) is 18.7 Å². The Bertz CT molecular complexity index is 784. The van der Waals surface area contributed by atoms with Crippen LogP contribution in [0.1, 0.15) is 35.7 Å². The molecule has 1 amide bonds. The topological polar surface area (TPSA) is 56.6 Å². The monoisotopic (exact) mass is 327 g/mol. The molecule has 0 radical (unpaired) electrons. The highest BCUT2D eigenvalue weighted by atomic mass is 16.7. The van der Waals surface area contributed by atoms with E-state index < -0.39 is 0 Å². The van der Waals surface area contributed by atoms with Gasteiger partial charge in [-0.15, -0.1) is 0 Å². The van der Waals surface area contributed by atoms with Crippen LogP contribution in [0.4, 0.5) is 0 Å². The quantitative estimate of drug-likeness (QED) is 0.867. The van der Waals surface area contributed by atoms with Gasteiger partial charge in [0, 0.05) is 25.4 Å². The fraction of sp³-hybridized carbons (Fsp3) is 0.444. The molecule has 1 atom stereocenters. The number of hydrogen-bond donors (Lipinski definition) is 0. The second kappa shape index (κ2) is 5.85. The maximum Gasteiger partial charge on any atom is 0.231 e. The molecular formula is C18H21N3O3. The molecule has 0 saturated carbocycles. The third-order valence-electron chi connectivity index (χ3n) is 5.00. The van der Waals surface area contributed by atoms with E-state index in [9.17, 15) is 4.79 Å². The number of hydrogen-bond acceptors (Lipinski definition) is 4. The predicted octanol–water partition coefficient (Wildman–Crippen LogP) is 2.23. The maximum absolute atomic E-state index is 12.8. The molecule has 0 bridgehead atoms. The molecule has 6 nitrogen and oxygen atoms in total. The lowest BCUT2D eigenvalue weighted by Crippen LogP contribution is -2.34. The lowest BCUT2D eigenvalue weighted by atomic mass is 9.91. The van der Waals surface area contributed by atoms with Crippen molar-refractivity contribution in [3.8, 4) is 11.5 Å². The zero-order valence-electron chi connectivity index (χ0n) is 14.0. The van der Waals surface area contributed by atoms with Gasteiger partial charge in [-0.05, 0) is 37.0 Å². The Morgan fingerprint density at radius 2 is 2.21 bits per heavy atom. The fourth-order valence-electron chi connectivity index (χ4n) is 3.61. The van der Waals surface area contributed by atoms with Crippen molar-refractivity contribution < 1.29 is 14.3 Å². The molecule has 126 valence electrons. The molecular weight excluding hydrogens is 306 g/mol. The van der Waals surface area contributed by atoms with Crippen molar-refractivity contribution in [1.29, 1.82) is 0 Å². The first-order chi connectivity index (χ1) is 11.6. The number of likely N-dealkylation sites (N-methyl/N-ethyl adjacent to an activating group) is 1. The largest absolute Gasteiger partial charge is 0.454 e. The highest BCUT2D eigenvalue weighted by Gasteiger charge is 2.29. The van der Waals surface area contributed by atoms with Crippen molar-refractivity contribution in [2.45, 2.75) is 31.7 Å². The second-order valence-electron chi connectivity index (χ2n) is 6.45. The third-order valence-corrected chi connectivity index (χ3v) is 5.00. The predicted molar refractivity (Wildman–Crippen MR) is 87.9 cm³/mol. The molecule has 0 spiro atoms. The van der Waals surface area contributed by atoms with E-state index >= 15 is 0 Å². The second-order valence-corrected chi connectivity index (χ2v) is 6.45. The number of carbonyl (C=O) groups excluding carboxylic acids is 1. The molecule has 24 heavy (non-hydrogen) atoms. The zero-order chi connectivity index (χ0) is 16.7. The molecule has 2 aromatic rings. The summed E-state index contributed by atoms with van der Waals surface area (Å²) in [7, 11) is 3.86. The van der Waals surface area contributed by atoms with Crippen molar-refractivity contribution in [3.05, 3.63) is 41.2 Å². The van der Waals surface area contributed by atoms with E-state index in [1.165, 1.54) is 11.3 Å².